The number of ether oxygens (including phenoxy) is 1. The Morgan fingerprint density at radius 1 is 0.975 bits per heavy atom. The Morgan fingerprint density at radius 2 is 1.60 bits per heavy atom. The van der Waals surface area contributed by atoms with Gasteiger partial charge in [0.1, 0.15) is 0 Å². The number of amides is 2. The van der Waals surface area contributed by atoms with Gasteiger partial charge in [-0.1, -0.05) is 29.8 Å². The first-order valence-corrected chi connectivity index (χ1v) is 13.1. The van der Waals surface area contributed by atoms with Crippen molar-refractivity contribution in [2.24, 2.45) is 0 Å². The van der Waals surface area contributed by atoms with Gasteiger partial charge < -0.3 is 25.4 Å². The van der Waals surface area contributed by atoms with E-state index in [9.17, 15) is 19.5 Å². The molecule has 1 aliphatic heterocycles. The zero-order chi connectivity index (χ0) is 28.8. The zero-order valence-electron chi connectivity index (χ0n) is 22.7. The van der Waals surface area contributed by atoms with E-state index in [4.69, 9.17) is 10.00 Å². The Morgan fingerprint density at radius 3 is 2.20 bits per heavy atom. The number of aliphatic carboxylic acids is 1. The first-order chi connectivity index (χ1) is 19.2. The van der Waals surface area contributed by atoms with Crippen LogP contribution in [0.4, 0.5) is 11.4 Å². The largest absolute Gasteiger partial charge is 0.481 e. The molecule has 0 bridgehead atoms. The van der Waals surface area contributed by atoms with E-state index in [-0.39, 0.29) is 30.0 Å². The summed E-state index contributed by atoms with van der Waals surface area (Å²) in [7, 11) is 0. The molecule has 3 aromatic carbocycles. The number of nitrogens with zero attached hydrogens (tertiary/aromatic N) is 2. The maximum atomic E-state index is 13.4. The number of carbonyl (C=O) groups excluding carboxylic acids is 2. The second kappa shape index (κ2) is 12.5. The lowest BCUT2D eigenvalue weighted by Gasteiger charge is -2.41. The van der Waals surface area contributed by atoms with E-state index in [1.54, 1.807) is 54.6 Å². The van der Waals surface area contributed by atoms with Crippen molar-refractivity contribution in [3.63, 3.8) is 0 Å². The maximum absolute atomic E-state index is 13.4. The first kappa shape index (κ1) is 28.3. The monoisotopic (exact) mass is 540 g/mol. The van der Waals surface area contributed by atoms with Crippen molar-refractivity contribution >= 4 is 29.2 Å². The number of carboxylic acids is 1. The van der Waals surface area contributed by atoms with Gasteiger partial charge in [-0.2, -0.15) is 5.26 Å². The van der Waals surface area contributed by atoms with Gasteiger partial charge in [0, 0.05) is 23.2 Å². The number of morpholine rings is 1. The van der Waals surface area contributed by atoms with Crippen molar-refractivity contribution in [1.29, 1.82) is 5.26 Å². The second-order valence-corrected chi connectivity index (χ2v) is 10.1. The average Bonchev–Trinajstić information content (AvgIpc) is 2.93. The first-order valence-electron chi connectivity index (χ1n) is 13.1. The van der Waals surface area contributed by atoms with Crippen molar-refractivity contribution in [1.82, 2.24) is 5.32 Å². The van der Waals surface area contributed by atoms with Crippen LogP contribution in [-0.4, -0.2) is 48.2 Å². The number of nitriles is 1. The highest BCUT2D eigenvalue weighted by Gasteiger charge is 2.29. The number of carboxylic acid groups (broad SMARTS) is 1. The molecule has 3 unspecified atom stereocenters. The summed E-state index contributed by atoms with van der Waals surface area (Å²) in [5.74, 6) is -1.89. The fourth-order valence-corrected chi connectivity index (χ4v) is 4.84. The van der Waals surface area contributed by atoms with Gasteiger partial charge >= 0.3 is 5.97 Å². The van der Waals surface area contributed by atoms with E-state index in [1.807, 2.05) is 39.0 Å². The number of hydrogen-bond donors (Lipinski definition) is 3. The summed E-state index contributed by atoms with van der Waals surface area (Å²) in [6.45, 7) is 7.02. The molecule has 4 rings (SSSR count). The van der Waals surface area contributed by atoms with Gasteiger partial charge in [-0.3, -0.25) is 14.4 Å². The van der Waals surface area contributed by atoms with Crippen LogP contribution in [-0.2, 0) is 9.53 Å². The summed E-state index contributed by atoms with van der Waals surface area (Å²) in [5, 5.41) is 24.3. The van der Waals surface area contributed by atoms with Crippen molar-refractivity contribution in [2.45, 2.75) is 45.3 Å². The van der Waals surface area contributed by atoms with Gasteiger partial charge in [-0.05, 0) is 68.8 Å². The molecule has 3 N–H and O–H groups in total. The van der Waals surface area contributed by atoms with Crippen LogP contribution in [0.25, 0.3) is 0 Å². The Hall–Kier alpha value is -4.68. The minimum absolute atomic E-state index is 0.0236. The fourth-order valence-electron chi connectivity index (χ4n) is 4.84. The molecular formula is C31H32N4O5. The van der Waals surface area contributed by atoms with Crippen LogP contribution in [0.3, 0.4) is 0 Å². The third-order valence-electron chi connectivity index (χ3n) is 6.89. The molecular weight excluding hydrogens is 508 g/mol. The molecule has 1 saturated heterocycles. The number of benzene rings is 3. The molecule has 206 valence electrons. The molecule has 0 aliphatic carbocycles. The van der Waals surface area contributed by atoms with Crippen LogP contribution >= 0.6 is 0 Å². The predicted octanol–water partition coefficient (Wildman–Crippen LogP) is 4.68. The van der Waals surface area contributed by atoms with Crippen molar-refractivity contribution in [2.75, 3.05) is 23.4 Å². The molecule has 2 amide bonds. The van der Waals surface area contributed by atoms with Gasteiger partial charge in [0.05, 0.1) is 48.7 Å². The zero-order valence-corrected chi connectivity index (χ0v) is 22.7. The van der Waals surface area contributed by atoms with Gasteiger partial charge in [0.25, 0.3) is 11.8 Å². The highest BCUT2D eigenvalue weighted by Crippen LogP contribution is 2.33. The summed E-state index contributed by atoms with van der Waals surface area (Å²) >= 11 is 0. The second-order valence-electron chi connectivity index (χ2n) is 10.1. The molecule has 3 atom stereocenters. The van der Waals surface area contributed by atoms with Gasteiger partial charge in [-0.15, -0.1) is 0 Å². The van der Waals surface area contributed by atoms with Crippen molar-refractivity contribution in [3.8, 4) is 6.07 Å². The quantitative estimate of drug-likeness (QED) is 0.378. The molecule has 9 nitrogen and oxygen atoms in total. The molecule has 1 fully saturated rings. The maximum Gasteiger partial charge on any atom is 0.305 e. The number of carbonyl (C=O) groups is 3. The lowest BCUT2D eigenvalue weighted by atomic mass is 10.0. The van der Waals surface area contributed by atoms with Crippen molar-refractivity contribution in [3.05, 3.63) is 94.5 Å². The van der Waals surface area contributed by atoms with Gasteiger partial charge in [0.2, 0.25) is 0 Å². The number of aryl methyl sites for hydroxylation is 1. The summed E-state index contributed by atoms with van der Waals surface area (Å²) in [6, 6.07) is 20.0. The SMILES string of the molecule is Cc1ccc(C(CC(=O)O)NC(=O)c2ccc(N3C(C)COCC3C)c(NC(=O)c3ccc(C#N)cc3)c2)cc1. The third-order valence-corrected chi connectivity index (χ3v) is 6.89. The highest BCUT2D eigenvalue weighted by atomic mass is 16.5. The van der Waals surface area contributed by atoms with Crippen molar-refractivity contribution < 1.29 is 24.2 Å². The molecule has 9 heteroatoms. The molecule has 0 radical (unpaired) electrons. The van der Waals surface area contributed by atoms with Crippen LogP contribution in [0.5, 0.6) is 0 Å². The lowest BCUT2D eigenvalue weighted by Crippen LogP contribution is -2.50. The molecule has 0 spiro atoms. The van der Waals surface area contributed by atoms with Gasteiger partial charge in [0.15, 0.2) is 0 Å². The highest BCUT2D eigenvalue weighted by molar-refractivity contribution is 6.07. The van der Waals surface area contributed by atoms with E-state index in [0.29, 0.717) is 35.6 Å². The number of anilines is 2. The summed E-state index contributed by atoms with van der Waals surface area (Å²) in [5.41, 5.74) is 3.96. The minimum Gasteiger partial charge on any atom is -0.481 e. The Kier molecular flexibility index (Phi) is 8.82. The number of nitrogens with one attached hydrogen (secondary N) is 2. The molecule has 1 heterocycles. The predicted molar refractivity (Wildman–Crippen MR) is 151 cm³/mol. The van der Waals surface area contributed by atoms with E-state index in [2.05, 4.69) is 15.5 Å². The number of hydrogen-bond acceptors (Lipinski definition) is 6. The number of rotatable bonds is 8. The Bertz CT molecular complexity index is 1420. The standard InChI is InChI=1S/C31H32N4O5/c1-19-4-8-23(9-5-19)26(15-29(36)37)33-31(39)25-12-13-28(35-20(2)17-40-18-21(35)3)27(14-25)34-30(38)24-10-6-22(16-32)7-11-24/h4-14,20-21,26H,15,17-18H2,1-3H3,(H,33,39)(H,34,38)(H,36,37). The molecule has 0 saturated carbocycles. The van der Waals surface area contributed by atoms with Gasteiger partial charge in [-0.25, -0.2) is 0 Å². The van der Waals surface area contributed by atoms with Crippen LogP contribution in [0.15, 0.2) is 66.7 Å². The van der Waals surface area contributed by atoms with E-state index in [0.717, 1.165) is 11.3 Å². The summed E-state index contributed by atoms with van der Waals surface area (Å²) in [6.07, 6.45) is -0.280. The lowest BCUT2D eigenvalue weighted by molar-refractivity contribution is -0.137. The van der Waals surface area contributed by atoms with Crippen LogP contribution in [0, 0.1) is 18.3 Å². The Balaban J connectivity index is 1.67. The summed E-state index contributed by atoms with van der Waals surface area (Å²) < 4.78 is 5.68. The smallest absolute Gasteiger partial charge is 0.305 e. The van der Waals surface area contributed by atoms with Crippen LogP contribution in [0.1, 0.15) is 63.7 Å². The molecule has 1 aliphatic rings. The van der Waals surface area contributed by atoms with Crippen LogP contribution < -0.4 is 15.5 Å². The third kappa shape index (κ3) is 6.65. The normalized spacial score (nSPS) is 17.4. The van der Waals surface area contributed by atoms with E-state index < -0.39 is 17.9 Å². The van der Waals surface area contributed by atoms with Crippen LogP contribution in [0.2, 0.25) is 0 Å². The average molecular weight is 541 g/mol. The van der Waals surface area contributed by atoms with E-state index >= 15 is 0 Å². The molecule has 40 heavy (non-hydrogen) atoms. The topological polar surface area (TPSA) is 132 Å². The molecule has 0 aromatic heterocycles. The van der Waals surface area contributed by atoms with E-state index in [1.165, 1.54) is 0 Å². The minimum atomic E-state index is -1.04. The molecule has 3 aromatic rings. The summed E-state index contributed by atoms with van der Waals surface area (Å²) in [4.78, 5) is 40.3. The Labute approximate surface area is 233 Å². The fraction of sp³-hybridized carbons (Fsp3) is 0.290.